The number of methoxy groups -OCH3 is 1. The third-order valence-electron chi connectivity index (χ3n) is 5.83. The van der Waals surface area contributed by atoms with E-state index in [-0.39, 0.29) is 5.92 Å². The first-order chi connectivity index (χ1) is 18.2. The van der Waals surface area contributed by atoms with Gasteiger partial charge in [0.15, 0.2) is 0 Å². The molecule has 0 radical (unpaired) electrons. The van der Waals surface area contributed by atoms with Crippen LogP contribution in [-0.4, -0.2) is 48.7 Å². The Labute approximate surface area is 220 Å². The molecule has 1 aliphatic heterocycles. The molecule has 2 N–H and O–H groups in total. The van der Waals surface area contributed by atoms with E-state index >= 15 is 0 Å². The normalized spacial score (nSPS) is 15.0. The van der Waals surface area contributed by atoms with Crippen LogP contribution in [0.3, 0.4) is 0 Å². The maximum Gasteiger partial charge on any atom is 0.490 e. The molecule has 2 aromatic carbocycles. The molecule has 3 heterocycles. The van der Waals surface area contributed by atoms with Crippen molar-refractivity contribution in [3.05, 3.63) is 77.6 Å². The monoisotopic (exact) mass is 548 g/mol. The van der Waals surface area contributed by atoms with Gasteiger partial charge in [-0.05, 0) is 30.5 Å². The molecule has 9 nitrogen and oxygen atoms in total. The average Bonchev–Trinajstić information content (AvgIpc) is 3.44. The summed E-state index contributed by atoms with van der Waals surface area (Å²) in [5, 5.41) is 15.6. The third kappa shape index (κ3) is 6.43. The Hall–Kier alpha value is -4.06. The first-order valence-corrected chi connectivity index (χ1v) is 12.0. The summed E-state index contributed by atoms with van der Waals surface area (Å²) in [7, 11) is 1.64. The Morgan fingerprint density at radius 3 is 2.55 bits per heavy atom. The lowest BCUT2D eigenvalue weighted by Gasteiger charge is -2.13. The lowest BCUT2D eigenvalue weighted by molar-refractivity contribution is -0.192. The number of carboxylic acids is 1. The van der Waals surface area contributed by atoms with Gasteiger partial charge in [0.1, 0.15) is 23.1 Å². The van der Waals surface area contributed by atoms with Crippen molar-refractivity contribution in [3.8, 4) is 11.4 Å². The van der Waals surface area contributed by atoms with E-state index < -0.39 is 12.1 Å². The predicted molar refractivity (Wildman–Crippen MR) is 134 cm³/mol. The van der Waals surface area contributed by atoms with Crippen LogP contribution in [-0.2, 0) is 11.3 Å². The maximum absolute atomic E-state index is 10.6. The smallest absolute Gasteiger partial charge is 0.490 e. The Kier molecular flexibility index (Phi) is 8.20. The van der Waals surface area contributed by atoms with E-state index in [4.69, 9.17) is 36.3 Å². The molecule has 2 aromatic heterocycles. The SMILES string of the molecule is COc1cc(Nc2nc3n(n2)CCCCC3c2ccccc2)ccc1-n1cnc(Cl)c1.O=C(O)C(F)(F)F. The van der Waals surface area contributed by atoms with E-state index in [2.05, 4.69) is 34.6 Å². The Bertz CT molecular complexity index is 1390. The van der Waals surface area contributed by atoms with Gasteiger partial charge in [-0.15, -0.1) is 5.10 Å². The van der Waals surface area contributed by atoms with Gasteiger partial charge in [-0.25, -0.2) is 14.5 Å². The summed E-state index contributed by atoms with van der Waals surface area (Å²) in [5.74, 6) is -0.190. The average molecular weight is 549 g/mol. The molecule has 13 heteroatoms. The fraction of sp³-hybridized carbons (Fsp3) is 0.280. The van der Waals surface area contributed by atoms with E-state index in [0.29, 0.717) is 16.9 Å². The van der Waals surface area contributed by atoms with Crippen molar-refractivity contribution in [3.63, 3.8) is 0 Å². The standard InChI is InChI=1S/C23H23ClN6O.C2HF3O2/c1-31-20-13-17(10-11-19(20)29-14-21(24)25-15-29)26-23-27-22-18(16-7-3-2-4-8-16)9-5-6-12-30(22)28-23;3-2(4,5)1(6)7/h2-4,7-8,10-11,13-15,18H,5-6,9,12H2,1H3,(H,26,28);(H,6,7). The molecule has 4 aromatic rings. The Morgan fingerprint density at radius 1 is 1.18 bits per heavy atom. The van der Waals surface area contributed by atoms with Crippen LogP contribution in [0, 0.1) is 0 Å². The van der Waals surface area contributed by atoms with Gasteiger partial charge in [-0.1, -0.05) is 48.4 Å². The highest BCUT2D eigenvalue weighted by atomic mass is 35.5. The number of nitrogens with one attached hydrogen (secondary N) is 1. The molecule has 5 rings (SSSR count). The summed E-state index contributed by atoms with van der Waals surface area (Å²) in [6.07, 6.45) is 1.67. The minimum absolute atomic E-state index is 0.259. The van der Waals surface area contributed by atoms with Crippen molar-refractivity contribution < 1.29 is 27.8 Å². The van der Waals surface area contributed by atoms with Crippen LogP contribution in [0.25, 0.3) is 5.69 Å². The van der Waals surface area contributed by atoms with Crippen molar-refractivity contribution in [2.45, 2.75) is 37.9 Å². The van der Waals surface area contributed by atoms with Crippen molar-refractivity contribution in [2.24, 2.45) is 0 Å². The number of fused-ring (bicyclic) bond motifs is 1. The predicted octanol–water partition coefficient (Wildman–Crippen LogP) is 5.82. The minimum Gasteiger partial charge on any atom is -0.494 e. The number of imidazole rings is 1. The summed E-state index contributed by atoms with van der Waals surface area (Å²) in [6.45, 7) is 0.886. The lowest BCUT2D eigenvalue weighted by Crippen LogP contribution is -2.21. The molecule has 38 heavy (non-hydrogen) atoms. The number of nitrogens with zero attached hydrogens (tertiary/aromatic N) is 5. The second-order valence-electron chi connectivity index (χ2n) is 8.39. The molecule has 0 saturated carbocycles. The highest BCUT2D eigenvalue weighted by Gasteiger charge is 2.38. The number of carbonyl (C=O) groups is 1. The van der Waals surface area contributed by atoms with Gasteiger partial charge < -0.3 is 19.7 Å². The van der Waals surface area contributed by atoms with Crippen molar-refractivity contribution in [1.29, 1.82) is 0 Å². The fourth-order valence-electron chi connectivity index (χ4n) is 4.10. The summed E-state index contributed by atoms with van der Waals surface area (Å²) < 4.78 is 41.2. The van der Waals surface area contributed by atoms with Crippen LogP contribution in [0.1, 0.15) is 36.6 Å². The van der Waals surface area contributed by atoms with Crippen LogP contribution in [0.4, 0.5) is 24.8 Å². The first kappa shape index (κ1) is 27.0. The van der Waals surface area contributed by atoms with Crippen LogP contribution < -0.4 is 10.1 Å². The molecule has 1 aliphatic rings. The number of hydrogen-bond acceptors (Lipinski definition) is 6. The molecule has 0 spiro atoms. The number of ether oxygens (including phenoxy) is 1. The Morgan fingerprint density at radius 2 is 1.92 bits per heavy atom. The molecule has 0 bridgehead atoms. The van der Waals surface area contributed by atoms with Crippen LogP contribution >= 0.6 is 11.6 Å². The number of aliphatic carboxylic acids is 1. The van der Waals surface area contributed by atoms with Crippen LogP contribution in [0.5, 0.6) is 5.75 Å². The largest absolute Gasteiger partial charge is 0.494 e. The number of rotatable bonds is 5. The van der Waals surface area contributed by atoms with Crippen LogP contribution in [0.2, 0.25) is 5.15 Å². The van der Waals surface area contributed by atoms with Crippen molar-refractivity contribution in [1.82, 2.24) is 24.3 Å². The topological polar surface area (TPSA) is 107 Å². The fourth-order valence-corrected chi connectivity index (χ4v) is 4.25. The highest BCUT2D eigenvalue weighted by Crippen LogP contribution is 2.33. The van der Waals surface area contributed by atoms with E-state index in [1.807, 2.05) is 33.5 Å². The number of hydrogen-bond donors (Lipinski definition) is 2. The number of halogens is 4. The molecule has 0 amide bonds. The van der Waals surface area contributed by atoms with Gasteiger partial charge in [-0.2, -0.15) is 18.2 Å². The zero-order chi connectivity index (χ0) is 27.3. The second kappa shape index (κ2) is 11.5. The number of alkyl halides is 3. The summed E-state index contributed by atoms with van der Waals surface area (Å²) in [5.41, 5.74) is 2.99. The summed E-state index contributed by atoms with van der Waals surface area (Å²) in [4.78, 5) is 17.8. The molecular formula is C25H24ClF3N6O3. The zero-order valence-electron chi connectivity index (χ0n) is 20.2. The van der Waals surface area contributed by atoms with Crippen molar-refractivity contribution >= 4 is 29.2 Å². The van der Waals surface area contributed by atoms with Gasteiger partial charge in [-0.3, -0.25) is 0 Å². The quantitative estimate of drug-likeness (QED) is 0.324. The van der Waals surface area contributed by atoms with Crippen LogP contribution in [0.15, 0.2) is 61.1 Å². The number of carboxylic acid groups (broad SMARTS) is 1. The van der Waals surface area contributed by atoms with Gasteiger partial charge in [0.05, 0.1) is 12.8 Å². The van der Waals surface area contributed by atoms with E-state index in [1.54, 1.807) is 19.6 Å². The summed E-state index contributed by atoms with van der Waals surface area (Å²) >= 11 is 5.96. The minimum atomic E-state index is -5.08. The maximum atomic E-state index is 10.6. The molecule has 1 atom stereocenters. The second-order valence-corrected chi connectivity index (χ2v) is 8.78. The van der Waals surface area contributed by atoms with Gasteiger partial charge >= 0.3 is 12.1 Å². The van der Waals surface area contributed by atoms with E-state index in [0.717, 1.165) is 36.6 Å². The molecule has 0 saturated heterocycles. The molecular weight excluding hydrogens is 525 g/mol. The first-order valence-electron chi connectivity index (χ1n) is 11.6. The van der Waals surface area contributed by atoms with E-state index in [1.165, 1.54) is 12.0 Å². The number of aryl methyl sites for hydroxylation is 1. The number of aromatic nitrogens is 5. The molecule has 0 fully saturated rings. The zero-order valence-corrected chi connectivity index (χ0v) is 20.9. The van der Waals surface area contributed by atoms with Crippen molar-refractivity contribution in [2.75, 3.05) is 12.4 Å². The van der Waals surface area contributed by atoms with Gasteiger partial charge in [0.2, 0.25) is 5.95 Å². The number of benzene rings is 2. The summed E-state index contributed by atoms with van der Waals surface area (Å²) in [6, 6.07) is 16.4. The van der Waals surface area contributed by atoms with Gasteiger partial charge in [0, 0.05) is 30.4 Å². The van der Waals surface area contributed by atoms with E-state index in [9.17, 15) is 13.2 Å². The molecule has 0 aliphatic carbocycles. The lowest BCUT2D eigenvalue weighted by atomic mass is 9.94. The molecule has 200 valence electrons. The third-order valence-corrected chi connectivity index (χ3v) is 6.03. The number of anilines is 2. The Balaban J connectivity index is 0.000000426. The molecule has 1 unspecified atom stereocenters. The highest BCUT2D eigenvalue weighted by molar-refractivity contribution is 6.29. The van der Waals surface area contributed by atoms with Gasteiger partial charge in [0.25, 0.3) is 0 Å².